The lowest BCUT2D eigenvalue weighted by Crippen LogP contribution is -2.25. The van der Waals surface area contributed by atoms with E-state index < -0.39 is 5.25 Å². The molecule has 0 fully saturated rings. The first-order chi connectivity index (χ1) is 15.4. The van der Waals surface area contributed by atoms with Crippen LogP contribution in [0.3, 0.4) is 0 Å². The van der Waals surface area contributed by atoms with E-state index in [0.29, 0.717) is 34.1 Å². The second kappa shape index (κ2) is 10.6. The van der Waals surface area contributed by atoms with Gasteiger partial charge in [0.05, 0.1) is 22.1 Å². The number of anilines is 2. The molecule has 1 aromatic heterocycles. The van der Waals surface area contributed by atoms with Gasteiger partial charge in [-0.25, -0.2) is 9.37 Å². The van der Waals surface area contributed by atoms with Gasteiger partial charge >= 0.3 is 0 Å². The van der Waals surface area contributed by atoms with Crippen LogP contribution in [0.2, 0.25) is 0 Å². The minimum atomic E-state index is -0.525. The minimum Gasteiger partial charge on any atom is -0.325 e. The van der Waals surface area contributed by atoms with E-state index in [4.69, 9.17) is 0 Å². The van der Waals surface area contributed by atoms with Crippen LogP contribution in [0, 0.1) is 24.1 Å². The average molecular weight is 449 g/mol. The van der Waals surface area contributed by atoms with E-state index >= 15 is 0 Å². The Kier molecular flexibility index (Phi) is 7.58. The molecule has 1 atom stereocenters. The molecule has 3 rings (SSSR count). The maximum Gasteiger partial charge on any atom is 0.257 e. The van der Waals surface area contributed by atoms with Gasteiger partial charge in [-0.3, -0.25) is 9.59 Å². The normalized spacial score (nSPS) is 11.3. The molecule has 0 aliphatic heterocycles. The standard InChI is InChI=1S/C24H21FN4O2S/c1-3-21(23(31)29-19-11-9-17(25)10-12-19)32-24-16(14-26)13-20(15(2)27-24)22(30)28-18-7-5-4-6-8-18/h4-13,21H,3H2,1-2H3,(H,28,30)(H,29,31)/t21-/m1/s1. The van der Waals surface area contributed by atoms with E-state index in [9.17, 15) is 19.2 Å². The fourth-order valence-corrected chi connectivity index (χ4v) is 3.94. The zero-order valence-corrected chi connectivity index (χ0v) is 18.4. The van der Waals surface area contributed by atoms with Crippen molar-refractivity contribution < 1.29 is 14.0 Å². The van der Waals surface area contributed by atoms with Gasteiger partial charge in [0.25, 0.3) is 5.91 Å². The van der Waals surface area contributed by atoms with Crippen LogP contribution in [0.5, 0.6) is 0 Å². The fourth-order valence-electron chi connectivity index (χ4n) is 2.92. The Hall–Kier alpha value is -3.70. The van der Waals surface area contributed by atoms with Gasteiger partial charge in [-0.05, 0) is 55.8 Å². The Morgan fingerprint density at radius 1 is 1.09 bits per heavy atom. The Bertz CT molecular complexity index is 1160. The number of carbonyl (C=O) groups excluding carboxylic acids is 2. The molecule has 3 aromatic rings. The molecule has 0 unspecified atom stereocenters. The highest BCUT2D eigenvalue weighted by Gasteiger charge is 2.23. The summed E-state index contributed by atoms with van der Waals surface area (Å²) in [5.41, 5.74) is 2.07. The summed E-state index contributed by atoms with van der Waals surface area (Å²) in [6, 6.07) is 18.0. The molecule has 0 radical (unpaired) electrons. The predicted octanol–water partition coefficient (Wildman–Crippen LogP) is 5.16. The molecular weight excluding hydrogens is 427 g/mol. The number of thioether (sulfide) groups is 1. The van der Waals surface area contributed by atoms with E-state index in [1.807, 2.05) is 25.1 Å². The number of aryl methyl sites for hydroxylation is 1. The summed E-state index contributed by atoms with van der Waals surface area (Å²) in [6.07, 6.45) is 0.486. The number of hydrogen-bond acceptors (Lipinski definition) is 5. The third-order valence-electron chi connectivity index (χ3n) is 4.60. The molecule has 162 valence electrons. The highest BCUT2D eigenvalue weighted by Crippen LogP contribution is 2.29. The van der Waals surface area contributed by atoms with Crippen molar-refractivity contribution in [2.45, 2.75) is 30.5 Å². The number of hydrogen-bond donors (Lipinski definition) is 2. The van der Waals surface area contributed by atoms with Gasteiger partial charge in [0.2, 0.25) is 5.91 Å². The summed E-state index contributed by atoms with van der Waals surface area (Å²) >= 11 is 1.16. The van der Waals surface area contributed by atoms with Crippen molar-refractivity contribution in [1.82, 2.24) is 4.98 Å². The fraction of sp³-hybridized carbons (Fsp3) is 0.167. The molecule has 32 heavy (non-hydrogen) atoms. The van der Waals surface area contributed by atoms with Gasteiger partial charge in [0.1, 0.15) is 16.9 Å². The van der Waals surface area contributed by atoms with E-state index in [-0.39, 0.29) is 23.2 Å². The quantitative estimate of drug-likeness (QED) is 0.487. The molecule has 2 N–H and O–H groups in total. The first-order valence-corrected chi connectivity index (χ1v) is 10.8. The van der Waals surface area contributed by atoms with E-state index in [1.54, 1.807) is 19.1 Å². The lowest BCUT2D eigenvalue weighted by molar-refractivity contribution is -0.115. The van der Waals surface area contributed by atoms with Gasteiger partial charge in [0.15, 0.2) is 0 Å². The number of nitrogens with one attached hydrogen (secondary N) is 2. The van der Waals surface area contributed by atoms with Crippen LogP contribution in [0.4, 0.5) is 15.8 Å². The second-order valence-electron chi connectivity index (χ2n) is 6.92. The SMILES string of the molecule is CC[C@@H](Sc1nc(C)c(C(=O)Nc2ccccc2)cc1C#N)C(=O)Nc1ccc(F)cc1. The average Bonchev–Trinajstić information content (AvgIpc) is 2.79. The Morgan fingerprint density at radius 2 is 1.75 bits per heavy atom. The smallest absolute Gasteiger partial charge is 0.257 e. The third kappa shape index (κ3) is 5.71. The van der Waals surface area contributed by atoms with Crippen molar-refractivity contribution in [1.29, 1.82) is 5.26 Å². The number of carbonyl (C=O) groups is 2. The summed E-state index contributed by atoms with van der Waals surface area (Å²) in [7, 11) is 0. The van der Waals surface area contributed by atoms with Crippen LogP contribution in [0.15, 0.2) is 65.7 Å². The first kappa shape index (κ1) is 23.0. The van der Waals surface area contributed by atoms with Crippen molar-refractivity contribution in [3.63, 3.8) is 0 Å². The Morgan fingerprint density at radius 3 is 2.38 bits per heavy atom. The van der Waals surface area contributed by atoms with Crippen LogP contribution in [-0.4, -0.2) is 22.0 Å². The maximum atomic E-state index is 13.1. The molecule has 2 amide bonds. The van der Waals surface area contributed by atoms with Gasteiger partial charge < -0.3 is 10.6 Å². The highest BCUT2D eigenvalue weighted by molar-refractivity contribution is 8.00. The third-order valence-corrected chi connectivity index (χ3v) is 5.97. The lowest BCUT2D eigenvalue weighted by Gasteiger charge is -2.16. The topological polar surface area (TPSA) is 94.9 Å². The molecule has 2 aromatic carbocycles. The number of pyridine rings is 1. The van der Waals surface area contributed by atoms with Crippen molar-refractivity contribution in [3.8, 4) is 6.07 Å². The zero-order valence-electron chi connectivity index (χ0n) is 17.6. The van der Waals surface area contributed by atoms with Crippen LogP contribution in [-0.2, 0) is 4.79 Å². The predicted molar refractivity (Wildman–Crippen MR) is 123 cm³/mol. The molecule has 0 aliphatic rings. The van der Waals surface area contributed by atoms with Crippen molar-refractivity contribution >= 4 is 35.0 Å². The number of nitrogens with zero attached hydrogens (tertiary/aromatic N) is 2. The number of amides is 2. The molecule has 0 bridgehead atoms. The molecule has 0 saturated carbocycles. The number of para-hydroxylation sites is 1. The first-order valence-electron chi connectivity index (χ1n) is 9.92. The Balaban J connectivity index is 1.78. The van der Waals surface area contributed by atoms with Crippen molar-refractivity contribution in [2.24, 2.45) is 0 Å². The van der Waals surface area contributed by atoms with Crippen LogP contribution >= 0.6 is 11.8 Å². The molecule has 0 saturated heterocycles. The largest absolute Gasteiger partial charge is 0.325 e. The maximum absolute atomic E-state index is 13.1. The van der Waals surface area contributed by atoms with Crippen LogP contribution in [0.1, 0.15) is 35.0 Å². The van der Waals surface area contributed by atoms with Gasteiger partial charge in [-0.2, -0.15) is 5.26 Å². The van der Waals surface area contributed by atoms with E-state index in [0.717, 1.165) is 11.8 Å². The zero-order chi connectivity index (χ0) is 23.1. The van der Waals surface area contributed by atoms with Gasteiger partial charge in [-0.1, -0.05) is 36.9 Å². The molecule has 6 nitrogen and oxygen atoms in total. The summed E-state index contributed by atoms with van der Waals surface area (Å²) in [5, 5.41) is 15.0. The number of benzene rings is 2. The number of rotatable bonds is 7. The molecule has 1 heterocycles. The highest BCUT2D eigenvalue weighted by atomic mass is 32.2. The number of nitriles is 1. The lowest BCUT2D eigenvalue weighted by atomic mass is 10.1. The molecular formula is C24H21FN4O2S. The van der Waals surface area contributed by atoms with E-state index in [2.05, 4.69) is 21.7 Å². The van der Waals surface area contributed by atoms with Gasteiger partial charge in [0, 0.05) is 11.4 Å². The number of halogens is 1. The molecule has 8 heteroatoms. The molecule has 0 spiro atoms. The number of aromatic nitrogens is 1. The molecule has 0 aliphatic carbocycles. The minimum absolute atomic E-state index is 0.215. The van der Waals surface area contributed by atoms with Crippen molar-refractivity contribution in [3.05, 3.63) is 83.3 Å². The Labute approximate surface area is 189 Å². The monoisotopic (exact) mass is 448 g/mol. The summed E-state index contributed by atoms with van der Waals surface area (Å²) in [4.78, 5) is 29.8. The summed E-state index contributed by atoms with van der Waals surface area (Å²) in [6.45, 7) is 3.53. The van der Waals surface area contributed by atoms with Crippen LogP contribution < -0.4 is 10.6 Å². The van der Waals surface area contributed by atoms with Crippen molar-refractivity contribution in [2.75, 3.05) is 10.6 Å². The van der Waals surface area contributed by atoms with E-state index in [1.165, 1.54) is 30.3 Å². The summed E-state index contributed by atoms with van der Waals surface area (Å²) in [5.74, 6) is -1.03. The second-order valence-corrected chi connectivity index (χ2v) is 8.11. The van der Waals surface area contributed by atoms with Crippen LogP contribution in [0.25, 0.3) is 0 Å². The van der Waals surface area contributed by atoms with Gasteiger partial charge in [-0.15, -0.1) is 0 Å². The summed E-state index contributed by atoms with van der Waals surface area (Å²) < 4.78 is 13.1.